The zero-order valence-corrected chi connectivity index (χ0v) is 11.0. The minimum atomic E-state index is -0.217. The number of carbonyl (C=O) groups is 1. The van der Waals surface area contributed by atoms with E-state index >= 15 is 0 Å². The van der Waals surface area contributed by atoms with Gasteiger partial charge >= 0.3 is 0 Å². The van der Waals surface area contributed by atoms with E-state index in [0.717, 1.165) is 24.6 Å². The lowest BCUT2D eigenvalue weighted by atomic mass is 10.1. The first-order valence-corrected chi connectivity index (χ1v) is 6.44. The summed E-state index contributed by atoms with van der Waals surface area (Å²) in [5.74, 6) is 5.73. The molecule has 3 N–H and O–H groups in total. The second-order valence-electron chi connectivity index (χ2n) is 5.25. The van der Waals surface area contributed by atoms with Gasteiger partial charge in [-0.25, -0.2) is 5.84 Å². The van der Waals surface area contributed by atoms with Gasteiger partial charge in [0.15, 0.2) is 0 Å². The van der Waals surface area contributed by atoms with Crippen molar-refractivity contribution in [1.82, 2.24) is 10.3 Å². The van der Waals surface area contributed by atoms with Crippen LogP contribution in [-0.2, 0) is 6.54 Å². The van der Waals surface area contributed by atoms with Crippen molar-refractivity contribution in [3.8, 4) is 0 Å². The van der Waals surface area contributed by atoms with Gasteiger partial charge in [-0.05, 0) is 30.9 Å². The van der Waals surface area contributed by atoms with E-state index in [1.807, 2.05) is 24.3 Å². The van der Waals surface area contributed by atoms with Gasteiger partial charge in [-0.3, -0.25) is 15.1 Å². The molecule has 4 nitrogen and oxygen atoms in total. The number of benzene rings is 1. The van der Waals surface area contributed by atoms with Gasteiger partial charge in [-0.15, -0.1) is 0 Å². The van der Waals surface area contributed by atoms with E-state index in [4.69, 9.17) is 5.84 Å². The van der Waals surface area contributed by atoms with Crippen LogP contribution in [0.2, 0.25) is 0 Å². The van der Waals surface area contributed by atoms with Crippen LogP contribution in [0.25, 0.3) is 0 Å². The number of nitrogen functional groups attached to an aromatic ring is 1. The number of hydrazine groups is 1. The highest BCUT2D eigenvalue weighted by atomic mass is 16.2. The number of carbonyl (C=O) groups excluding carboxylic acids is 1. The molecular weight excluding hydrogens is 226 g/mol. The molecule has 0 spiro atoms. The Kier molecular flexibility index (Phi) is 3.99. The van der Waals surface area contributed by atoms with Crippen molar-refractivity contribution in [1.29, 1.82) is 0 Å². The predicted octanol–water partition coefficient (Wildman–Crippen LogP) is 1.52. The molecule has 1 aliphatic heterocycles. The van der Waals surface area contributed by atoms with Crippen molar-refractivity contribution in [3.05, 3.63) is 35.4 Å². The maximum absolute atomic E-state index is 11.7. The number of likely N-dealkylation sites (tertiary alicyclic amines) is 1. The summed E-state index contributed by atoms with van der Waals surface area (Å²) in [7, 11) is 0. The Morgan fingerprint density at radius 2 is 2.17 bits per heavy atom. The van der Waals surface area contributed by atoms with Crippen molar-refractivity contribution in [2.75, 3.05) is 6.54 Å². The minimum absolute atomic E-state index is 0.217. The molecule has 2 atom stereocenters. The molecule has 1 fully saturated rings. The van der Waals surface area contributed by atoms with E-state index in [0.29, 0.717) is 11.6 Å². The van der Waals surface area contributed by atoms with Gasteiger partial charge in [-0.2, -0.15) is 0 Å². The fourth-order valence-corrected chi connectivity index (χ4v) is 2.78. The zero-order chi connectivity index (χ0) is 13.1. The van der Waals surface area contributed by atoms with Crippen LogP contribution in [0.3, 0.4) is 0 Å². The predicted molar refractivity (Wildman–Crippen MR) is 71.7 cm³/mol. The van der Waals surface area contributed by atoms with Crippen LogP contribution in [0.15, 0.2) is 24.3 Å². The largest absolute Gasteiger partial charge is 0.296 e. The second kappa shape index (κ2) is 5.50. The molecule has 1 aromatic carbocycles. The van der Waals surface area contributed by atoms with Crippen LogP contribution in [0.1, 0.15) is 36.2 Å². The normalized spacial score (nSPS) is 24.2. The van der Waals surface area contributed by atoms with Crippen LogP contribution < -0.4 is 11.3 Å². The minimum Gasteiger partial charge on any atom is -0.296 e. The fraction of sp³-hybridized carbons (Fsp3) is 0.500. The summed E-state index contributed by atoms with van der Waals surface area (Å²) in [6.07, 6.45) is 1.23. The van der Waals surface area contributed by atoms with E-state index < -0.39 is 0 Å². The highest BCUT2D eigenvalue weighted by molar-refractivity contribution is 5.95. The standard InChI is InChI=1S/C14H21N3O/c1-10-7-11(2)17(8-10)9-12-5-3-4-6-13(12)14(18)16-15/h3-6,10-11H,7-9,15H2,1-2H3,(H,16,18). The van der Waals surface area contributed by atoms with Crippen LogP contribution in [0.4, 0.5) is 0 Å². The smallest absolute Gasteiger partial charge is 0.265 e. The van der Waals surface area contributed by atoms with Crippen molar-refractivity contribution in [3.63, 3.8) is 0 Å². The third kappa shape index (κ3) is 2.71. The molecule has 18 heavy (non-hydrogen) atoms. The summed E-state index contributed by atoms with van der Waals surface area (Å²) in [6, 6.07) is 8.23. The number of amides is 1. The summed E-state index contributed by atoms with van der Waals surface area (Å²) in [4.78, 5) is 14.1. The Morgan fingerprint density at radius 3 is 2.78 bits per heavy atom. The van der Waals surface area contributed by atoms with E-state index in [1.165, 1.54) is 6.42 Å². The SMILES string of the molecule is CC1CC(C)N(Cc2ccccc2C(=O)NN)C1. The molecule has 1 amide bonds. The van der Waals surface area contributed by atoms with E-state index in [-0.39, 0.29) is 5.91 Å². The first-order valence-electron chi connectivity index (χ1n) is 6.44. The van der Waals surface area contributed by atoms with Crippen LogP contribution in [0, 0.1) is 5.92 Å². The zero-order valence-electron chi connectivity index (χ0n) is 11.0. The molecule has 2 rings (SSSR count). The van der Waals surface area contributed by atoms with Crippen molar-refractivity contribution < 1.29 is 4.79 Å². The van der Waals surface area contributed by atoms with Crippen molar-refractivity contribution in [2.45, 2.75) is 32.9 Å². The van der Waals surface area contributed by atoms with Crippen LogP contribution in [0.5, 0.6) is 0 Å². The Balaban J connectivity index is 2.16. The monoisotopic (exact) mass is 247 g/mol. The van der Waals surface area contributed by atoms with Gasteiger partial charge < -0.3 is 0 Å². The first-order chi connectivity index (χ1) is 8.61. The van der Waals surface area contributed by atoms with E-state index in [1.54, 1.807) is 0 Å². The fourth-order valence-electron chi connectivity index (χ4n) is 2.78. The molecule has 1 heterocycles. The Hall–Kier alpha value is -1.39. The number of nitrogens with zero attached hydrogens (tertiary/aromatic N) is 1. The quantitative estimate of drug-likeness (QED) is 0.484. The molecule has 0 saturated carbocycles. The van der Waals surface area contributed by atoms with Gasteiger partial charge in [0.05, 0.1) is 0 Å². The summed E-state index contributed by atoms with van der Waals surface area (Å²) in [5, 5.41) is 0. The lowest BCUT2D eigenvalue weighted by molar-refractivity contribution is 0.0951. The van der Waals surface area contributed by atoms with E-state index in [9.17, 15) is 4.79 Å². The topological polar surface area (TPSA) is 58.4 Å². The third-order valence-corrected chi connectivity index (χ3v) is 3.68. The Bertz CT molecular complexity index is 433. The molecule has 98 valence electrons. The number of nitrogens with two attached hydrogens (primary N) is 1. The number of rotatable bonds is 3. The summed E-state index contributed by atoms with van der Waals surface area (Å²) >= 11 is 0. The maximum Gasteiger partial charge on any atom is 0.265 e. The van der Waals surface area contributed by atoms with Crippen molar-refractivity contribution >= 4 is 5.91 Å². The Morgan fingerprint density at radius 1 is 1.44 bits per heavy atom. The highest BCUT2D eigenvalue weighted by Gasteiger charge is 2.26. The second-order valence-corrected chi connectivity index (χ2v) is 5.25. The maximum atomic E-state index is 11.7. The number of nitrogens with one attached hydrogen (secondary N) is 1. The highest BCUT2D eigenvalue weighted by Crippen LogP contribution is 2.25. The summed E-state index contributed by atoms with van der Waals surface area (Å²) < 4.78 is 0. The van der Waals surface area contributed by atoms with E-state index in [2.05, 4.69) is 24.2 Å². The molecule has 4 heteroatoms. The molecule has 0 bridgehead atoms. The molecule has 1 aromatic rings. The van der Waals surface area contributed by atoms with Crippen LogP contribution >= 0.6 is 0 Å². The third-order valence-electron chi connectivity index (χ3n) is 3.68. The van der Waals surface area contributed by atoms with Gasteiger partial charge in [0.1, 0.15) is 0 Å². The number of hydrogen-bond acceptors (Lipinski definition) is 3. The number of hydrogen-bond donors (Lipinski definition) is 2. The van der Waals surface area contributed by atoms with Crippen molar-refractivity contribution in [2.24, 2.45) is 11.8 Å². The first kappa shape index (κ1) is 13.1. The molecule has 0 aromatic heterocycles. The average molecular weight is 247 g/mol. The lowest BCUT2D eigenvalue weighted by Gasteiger charge is -2.22. The molecule has 2 unspecified atom stereocenters. The van der Waals surface area contributed by atoms with Gasteiger partial charge in [0.25, 0.3) is 5.91 Å². The van der Waals surface area contributed by atoms with Gasteiger partial charge in [-0.1, -0.05) is 25.1 Å². The van der Waals surface area contributed by atoms with Crippen LogP contribution in [-0.4, -0.2) is 23.4 Å². The lowest BCUT2D eigenvalue weighted by Crippen LogP contribution is -2.32. The molecular formula is C14H21N3O. The average Bonchev–Trinajstić information content (AvgIpc) is 2.67. The summed E-state index contributed by atoms with van der Waals surface area (Å²) in [5.41, 5.74) is 3.92. The van der Waals surface area contributed by atoms with Gasteiger partial charge in [0, 0.05) is 24.7 Å². The molecule has 0 aliphatic carbocycles. The van der Waals surface area contributed by atoms with Gasteiger partial charge in [0.2, 0.25) is 0 Å². The Labute approximate surface area is 108 Å². The molecule has 1 saturated heterocycles. The summed E-state index contributed by atoms with van der Waals surface area (Å²) in [6.45, 7) is 6.43. The molecule has 1 aliphatic rings. The molecule has 0 radical (unpaired) electrons.